The molecule has 0 bridgehead atoms. The van der Waals surface area contributed by atoms with Crippen molar-refractivity contribution in [2.24, 2.45) is 13.0 Å². The molecule has 2 rings (SSSR count). The largest absolute Gasteiger partial charge is 0.444 e. The van der Waals surface area contributed by atoms with Crippen molar-refractivity contribution in [1.29, 1.82) is 0 Å². The molecule has 1 N–H and O–H groups in total. The Morgan fingerprint density at radius 2 is 2.09 bits per heavy atom. The van der Waals surface area contributed by atoms with Crippen LogP contribution in [0.1, 0.15) is 39.3 Å². The van der Waals surface area contributed by atoms with E-state index in [0.717, 1.165) is 45.4 Å². The lowest BCUT2D eigenvalue weighted by atomic mass is 9.97. The number of rotatable bonds is 5. The van der Waals surface area contributed by atoms with Crippen LogP contribution < -0.4 is 5.32 Å². The van der Waals surface area contributed by atoms with Gasteiger partial charge in [0.25, 0.3) is 0 Å². The van der Waals surface area contributed by atoms with E-state index >= 15 is 0 Å². The van der Waals surface area contributed by atoms with Gasteiger partial charge >= 0.3 is 6.09 Å². The van der Waals surface area contributed by atoms with Crippen molar-refractivity contribution in [3.8, 4) is 0 Å². The number of piperidine rings is 1. The van der Waals surface area contributed by atoms with Gasteiger partial charge < -0.3 is 15.0 Å². The zero-order valence-electron chi connectivity index (χ0n) is 14.8. The van der Waals surface area contributed by atoms with Gasteiger partial charge in [0.2, 0.25) is 0 Å². The lowest BCUT2D eigenvalue weighted by molar-refractivity contribution is 0.0184. The van der Waals surface area contributed by atoms with Crippen molar-refractivity contribution in [3.05, 3.63) is 18.0 Å². The van der Waals surface area contributed by atoms with Gasteiger partial charge in [0.05, 0.1) is 0 Å². The van der Waals surface area contributed by atoms with Crippen LogP contribution in [0.5, 0.6) is 0 Å². The molecule has 6 nitrogen and oxygen atoms in total. The summed E-state index contributed by atoms with van der Waals surface area (Å²) in [4.78, 5) is 13.9. The highest BCUT2D eigenvalue weighted by molar-refractivity contribution is 5.68. The van der Waals surface area contributed by atoms with Crippen molar-refractivity contribution in [2.75, 3.05) is 26.2 Å². The van der Waals surface area contributed by atoms with Crippen LogP contribution in [0.2, 0.25) is 0 Å². The van der Waals surface area contributed by atoms with Crippen molar-refractivity contribution < 1.29 is 9.53 Å². The van der Waals surface area contributed by atoms with Crippen molar-refractivity contribution >= 4 is 6.09 Å². The first-order chi connectivity index (χ1) is 10.8. The maximum atomic E-state index is 12.0. The number of ether oxygens (including phenoxy) is 1. The van der Waals surface area contributed by atoms with Crippen LogP contribution in [0.4, 0.5) is 4.79 Å². The van der Waals surface area contributed by atoms with Crippen LogP contribution in [-0.2, 0) is 18.2 Å². The number of carbonyl (C=O) groups is 1. The highest BCUT2D eigenvalue weighted by Gasteiger charge is 2.26. The second-order valence-electron chi connectivity index (χ2n) is 7.31. The molecule has 0 spiro atoms. The summed E-state index contributed by atoms with van der Waals surface area (Å²) in [5, 5.41) is 7.70. The number of aryl methyl sites for hydroxylation is 1. The van der Waals surface area contributed by atoms with E-state index in [-0.39, 0.29) is 6.09 Å². The normalized spacial score (nSPS) is 16.6. The minimum Gasteiger partial charge on any atom is -0.444 e. The predicted molar refractivity (Wildman–Crippen MR) is 90.3 cm³/mol. The summed E-state index contributed by atoms with van der Waals surface area (Å²) in [6.45, 7) is 9.29. The fourth-order valence-electron chi connectivity index (χ4n) is 2.82. The molecule has 0 atom stereocenters. The van der Waals surface area contributed by atoms with Crippen LogP contribution in [0.15, 0.2) is 12.3 Å². The number of carbonyl (C=O) groups excluding carboxylic acids is 1. The summed E-state index contributed by atoms with van der Waals surface area (Å²) in [6, 6.07) is 2.06. The predicted octanol–water partition coefficient (Wildman–Crippen LogP) is 2.20. The lowest BCUT2D eigenvalue weighted by Gasteiger charge is -2.33. The zero-order chi connectivity index (χ0) is 16.9. The Morgan fingerprint density at radius 1 is 1.39 bits per heavy atom. The third kappa shape index (κ3) is 5.86. The number of aromatic nitrogens is 2. The first kappa shape index (κ1) is 17.8. The molecule has 1 fully saturated rings. The van der Waals surface area contributed by atoms with Crippen molar-refractivity contribution in [2.45, 2.75) is 45.6 Å². The zero-order valence-corrected chi connectivity index (χ0v) is 14.8. The van der Waals surface area contributed by atoms with Crippen LogP contribution in [-0.4, -0.2) is 52.6 Å². The van der Waals surface area contributed by atoms with E-state index < -0.39 is 5.60 Å². The molecule has 1 aromatic rings. The molecule has 1 aliphatic heterocycles. The van der Waals surface area contributed by atoms with E-state index in [1.165, 1.54) is 5.69 Å². The molecular weight excluding hydrogens is 292 g/mol. The Bertz CT molecular complexity index is 499. The van der Waals surface area contributed by atoms with Gasteiger partial charge in [-0.2, -0.15) is 5.10 Å². The number of amides is 1. The summed E-state index contributed by atoms with van der Waals surface area (Å²) in [5.74, 6) is 0.639. The number of likely N-dealkylation sites (tertiary alicyclic amines) is 1. The lowest BCUT2D eigenvalue weighted by Crippen LogP contribution is -2.43. The molecular formula is C17H30N4O2. The van der Waals surface area contributed by atoms with Gasteiger partial charge in [-0.05, 0) is 52.1 Å². The Hall–Kier alpha value is -1.56. The molecule has 2 heterocycles. The minimum atomic E-state index is -0.415. The molecule has 6 heteroatoms. The standard InChI is InChI=1S/C17H30N4O2/c1-17(2,3)23-16(22)21-11-7-14(8-12-21)13-18-9-5-15-6-10-19-20(15)4/h6,10,14,18H,5,7-9,11-13H2,1-4H3. The number of hydrogen-bond acceptors (Lipinski definition) is 4. The van der Waals surface area contributed by atoms with Crippen LogP contribution in [0, 0.1) is 5.92 Å². The van der Waals surface area contributed by atoms with Gasteiger partial charge in [-0.3, -0.25) is 4.68 Å². The summed E-state index contributed by atoms with van der Waals surface area (Å²) < 4.78 is 7.34. The second kappa shape index (κ2) is 7.81. The first-order valence-electron chi connectivity index (χ1n) is 8.50. The van der Waals surface area contributed by atoms with E-state index in [4.69, 9.17) is 4.74 Å². The highest BCUT2D eigenvalue weighted by atomic mass is 16.6. The summed E-state index contributed by atoms with van der Waals surface area (Å²) in [6.07, 6.45) is 4.73. The Balaban J connectivity index is 1.61. The molecule has 0 radical (unpaired) electrons. The Morgan fingerprint density at radius 3 is 2.65 bits per heavy atom. The molecule has 0 saturated carbocycles. The monoisotopic (exact) mass is 322 g/mol. The van der Waals surface area contributed by atoms with E-state index in [2.05, 4.69) is 16.5 Å². The number of nitrogens with one attached hydrogen (secondary N) is 1. The fraction of sp³-hybridized carbons (Fsp3) is 0.765. The SMILES string of the molecule is Cn1nccc1CCNCC1CCN(C(=O)OC(C)(C)C)CC1. The van der Waals surface area contributed by atoms with Gasteiger partial charge in [-0.25, -0.2) is 4.79 Å². The average Bonchev–Trinajstić information content (AvgIpc) is 2.88. The molecule has 1 aromatic heterocycles. The van der Waals surface area contributed by atoms with Gasteiger partial charge in [0.1, 0.15) is 5.60 Å². The summed E-state index contributed by atoms with van der Waals surface area (Å²) >= 11 is 0. The molecule has 23 heavy (non-hydrogen) atoms. The molecule has 0 aliphatic carbocycles. The summed E-state index contributed by atoms with van der Waals surface area (Å²) in [7, 11) is 1.97. The molecule has 1 aliphatic rings. The summed E-state index contributed by atoms with van der Waals surface area (Å²) in [5.41, 5.74) is 0.832. The van der Waals surface area contributed by atoms with Crippen LogP contribution >= 0.6 is 0 Å². The Labute approximate surface area is 139 Å². The van der Waals surface area contributed by atoms with E-state index in [1.54, 1.807) is 0 Å². The molecule has 0 aromatic carbocycles. The fourth-order valence-corrected chi connectivity index (χ4v) is 2.82. The van der Waals surface area contributed by atoms with E-state index in [0.29, 0.717) is 5.92 Å². The van der Waals surface area contributed by atoms with Crippen LogP contribution in [0.3, 0.4) is 0 Å². The van der Waals surface area contributed by atoms with Crippen LogP contribution in [0.25, 0.3) is 0 Å². The maximum Gasteiger partial charge on any atom is 0.410 e. The van der Waals surface area contributed by atoms with Gasteiger partial charge in [0, 0.05) is 45.0 Å². The quantitative estimate of drug-likeness (QED) is 0.844. The highest BCUT2D eigenvalue weighted by Crippen LogP contribution is 2.19. The maximum absolute atomic E-state index is 12.0. The Kier molecular flexibility index (Phi) is 6.04. The van der Waals surface area contributed by atoms with Gasteiger partial charge in [-0.15, -0.1) is 0 Å². The molecule has 1 saturated heterocycles. The smallest absolute Gasteiger partial charge is 0.410 e. The minimum absolute atomic E-state index is 0.180. The van der Waals surface area contributed by atoms with Crippen molar-refractivity contribution in [3.63, 3.8) is 0 Å². The number of hydrogen-bond donors (Lipinski definition) is 1. The third-order valence-corrected chi connectivity index (χ3v) is 4.18. The van der Waals surface area contributed by atoms with Gasteiger partial charge in [0.15, 0.2) is 0 Å². The topological polar surface area (TPSA) is 59.4 Å². The molecule has 1 amide bonds. The second-order valence-corrected chi connectivity index (χ2v) is 7.31. The number of nitrogens with zero attached hydrogens (tertiary/aromatic N) is 3. The van der Waals surface area contributed by atoms with Crippen molar-refractivity contribution in [1.82, 2.24) is 20.0 Å². The first-order valence-corrected chi connectivity index (χ1v) is 8.50. The molecule has 130 valence electrons. The third-order valence-electron chi connectivity index (χ3n) is 4.18. The molecule has 0 unspecified atom stereocenters. The van der Waals surface area contributed by atoms with E-state index in [1.807, 2.05) is 43.6 Å². The average molecular weight is 322 g/mol. The van der Waals surface area contributed by atoms with Gasteiger partial charge in [-0.1, -0.05) is 0 Å². The van der Waals surface area contributed by atoms with E-state index in [9.17, 15) is 4.79 Å².